The van der Waals surface area contributed by atoms with Gasteiger partial charge >= 0.3 is 29.1 Å². The number of rotatable bonds is 17. The molecule has 0 amide bonds. The van der Waals surface area contributed by atoms with Crippen LogP contribution in [0.4, 0.5) is 0 Å². The van der Waals surface area contributed by atoms with Crippen LogP contribution in [0.5, 0.6) is 0 Å². The summed E-state index contributed by atoms with van der Waals surface area (Å²) in [6, 6.07) is 1.41. The van der Waals surface area contributed by atoms with Gasteiger partial charge in [0.05, 0.1) is 19.4 Å². The maximum Gasteiger partial charge on any atom is 0.364 e. The molecule has 0 heterocycles. The van der Waals surface area contributed by atoms with Gasteiger partial charge in [0.1, 0.15) is 0 Å². The molecule has 9 nitrogen and oxygen atoms in total. The molecule has 33 heavy (non-hydrogen) atoms. The van der Waals surface area contributed by atoms with Crippen molar-refractivity contribution < 1.29 is 41.9 Å². The third-order valence-electron chi connectivity index (χ3n) is 4.52. The number of esters is 2. The van der Waals surface area contributed by atoms with Crippen LogP contribution in [-0.2, 0) is 36.8 Å². The molecule has 0 aromatic heterocycles. The van der Waals surface area contributed by atoms with E-state index in [0.29, 0.717) is 43.4 Å². The molecule has 0 rings (SSSR count). The quantitative estimate of drug-likeness (QED) is 0.137. The zero-order chi connectivity index (χ0) is 25.9. The molecule has 0 fully saturated rings. The lowest BCUT2D eigenvalue weighted by atomic mass is 10.4. The highest BCUT2D eigenvalue weighted by atomic mass is 28.4. The van der Waals surface area contributed by atoms with Gasteiger partial charge in [-0.25, -0.2) is 9.59 Å². The minimum atomic E-state index is -2.47. The maximum absolute atomic E-state index is 11.1. The Morgan fingerprint density at radius 3 is 1.52 bits per heavy atom. The molecule has 194 valence electrons. The predicted octanol–water partition coefficient (Wildman–Crippen LogP) is 3.40. The Balaban J connectivity index is 0. The normalized spacial score (nSPS) is 11.3. The molecular formula is C22H44O9Si2. The van der Waals surface area contributed by atoms with Crippen molar-refractivity contribution in [2.45, 2.75) is 59.2 Å². The second-order valence-corrected chi connectivity index (χ2v) is 14.3. The van der Waals surface area contributed by atoms with Crippen LogP contribution in [0.2, 0.25) is 18.6 Å². The molecule has 0 aliphatic heterocycles. The van der Waals surface area contributed by atoms with Crippen LogP contribution in [0.1, 0.15) is 40.5 Å². The van der Waals surface area contributed by atoms with E-state index in [1.807, 2.05) is 20.4 Å². The van der Waals surface area contributed by atoms with Gasteiger partial charge in [0.15, 0.2) is 0 Å². The average molecular weight is 509 g/mol. The Hall–Kier alpha value is -1.35. The van der Waals surface area contributed by atoms with Gasteiger partial charge in [0, 0.05) is 38.6 Å². The van der Waals surface area contributed by atoms with Gasteiger partial charge in [-0.2, -0.15) is 0 Å². The van der Waals surface area contributed by atoms with E-state index in [4.69, 9.17) is 32.3 Å². The number of hydrogen-bond donors (Lipinski definition) is 1. The number of carbonyl (C=O) groups is 2. The highest BCUT2D eigenvalue weighted by molar-refractivity contribution is 6.67. The summed E-state index contributed by atoms with van der Waals surface area (Å²) in [7, 11) is -1.50. The van der Waals surface area contributed by atoms with Crippen molar-refractivity contribution in [3.63, 3.8) is 0 Å². The molecule has 0 aromatic rings. The van der Waals surface area contributed by atoms with E-state index in [0.717, 1.165) is 12.5 Å². The zero-order valence-corrected chi connectivity index (χ0v) is 23.5. The van der Waals surface area contributed by atoms with E-state index >= 15 is 0 Å². The predicted molar refractivity (Wildman–Crippen MR) is 132 cm³/mol. The minimum Gasteiger partial charge on any atom is -0.462 e. The van der Waals surface area contributed by atoms with Gasteiger partial charge in [-0.05, 0) is 59.2 Å². The summed E-state index contributed by atoms with van der Waals surface area (Å²) in [5, 5.41) is 9.16. The Morgan fingerprint density at radius 1 is 0.818 bits per heavy atom. The van der Waals surface area contributed by atoms with Crippen molar-refractivity contribution in [1.82, 2.24) is 0 Å². The molecule has 0 aromatic carbocycles. The molecule has 0 unspecified atom stereocenters. The lowest BCUT2D eigenvalue weighted by molar-refractivity contribution is -0.139. The summed E-state index contributed by atoms with van der Waals surface area (Å²) in [6.45, 7) is 18.2. The van der Waals surface area contributed by atoms with Crippen LogP contribution in [-0.4, -0.2) is 81.0 Å². The highest BCUT2D eigenvalue weighted by Gasteiger charge is 2.34. The first kappa shape index (κ1) is 33.8. The second-order valence-electron chi connectivity index (χ2n) is 7.52. The minimum absolute atomic E-state index is 0.103. The first-order valence-corrected chi connectivity index (χ1v) is 15.9. The third kappa shape index (κ3) is 16.0. The van der Waals surface area contributed by atoms with Crippen LogP contribution in [0.3, 0.4) is 0 Å². The van der Waals surface area contributed by atoms with E-state index in [1.165, 1.54) is 14.2 Å². The van der Waals surface area contributed by atoms with E-state index < -0.39 is 23.1 Å². The zero-order valence-electron chi connectivity index (χ0n) is 21.5. The summed E-state index contributed by atoms with van der Waals surface area (Å²) in [6.07, 6.45) is 1.27. The van der Waals surface area contributed by atoms with Crippen molar-refractivity contribution in [2.24, 2.45) is 0 Å². The monoisotopic (exact) mass is 508 g/mol. The first-order valence-electron chi connectivity index (χ1n) is 11.1. The smallest absolute Gasteiger partial charge is 0.364 e. The van der Waals surface area contributed by atoms with Gasteiger partial charge in [-0.15, -0.1) is 0 Å². The topological polar surface area (TPSA) is 110 Å². The number of ether oxygens (including phenoxy) is 2. The summed E-state index contributed by atoms with van der Waals surface area (Å²) in [5.74, 6) is -0.729. The number of hydrogen-bond acceptors (Lipinski definition) is 9. The average Bonchev–Trinajstić information content (AvgIpc) is 2.77. The molecule has 0 saturated carbocycles. The number of carbonyl (C=O) groups excluding carboxylic acids is 2. The van der Waals surface area contributed by atoms with E-state index in [9.17, 15) is 9.59 Å². The summed E-state index contributed by atoms with van der Waals surface area (Å²) < 4.78 is 31.7. The molecule has 0 radical (unpaired) electrons. The van der Waals surface area contributed by atoms with Crippen LogP contribution in [0.15, 0.2) is 24.3 Å². The molecule has 0 bridgehead atoms. The van der Waals surface area contributed by atoms with Crippen LogP contribution < -0.4 is 0 Å². The molecule has 0 atom stereocenters. The van der Waals surface area contributed by atoms with Crippen LogP contribution in [0.25, 0.3) is 0 Å². The molecule has 1 N–H and O–H groups in total. The number of aliphatic hydroxyl groups is 1. The Kier molecular flexibility index (Phi) is 19.5. The standard InChI is InChI=1S/C12H24O4Si.C10H20O5Si/c1-6-15-17(5,16-7-2)10-8-9-14-12(13)11(3)4;1-9(2)10(12)15-6-5-7-16(8-11,13-3)14-4/h3,6-10H2,1-2,4-5H3;11H,1,5-8H2,2-4H3. The van der Waals surface area contributed by atoms with E-state index in [-0.39, 0.29) is 18.8 Å². The van der Waals surface area contributed by atoms with Crippen molar-refractivity contribution in [3.05, 3.63) is 24.3 Å². The van der Waals surface area contributed by atoms with Crippen molar-refractivity contribution in [2.75, 3.05) is 46.9 Å². The molecule has 0 spiro atoms. The lowest BCUT2D eigenvalue weighted by Gasteiger charge is -2.25. The van der Waals surface area contributed by atoms with Gasteiger partial charge in [-0.3, -0.25) is 0 Å². The number of aliphatic hydroxyl groups excluding tert-OH is 1. The van der Waals surface area contributed by atoms with E-state index in [1.54, 1.807) is 13.8 Å². The fourth-order valence-corrected chi connectivity index (χ4v) is 6.66. The van der Waals surface area contributed by atoms with Crippen LogP contribution >= 0.6 is 0 Å². The van der Waals surface area contributed by atoms with Crippen molar-refractivity contribution >= 4 is 29.1 Å². The third-order valence-corrected chi connectivity index (χ3v) is 10.7. The first-order chi connectivity index (χ1) is 15.5. The van der Waals surface area contributed by atoms with E-state index in [2.05, 4.69) is 13.2 Å². The molecule has 11 heteroatoms. The van der Waals surface area contributed by atoms with Crippen LogP contribution in [0, 0.1) is 0 Å². The molecule has 0 saturated heterocycles. The largest absolute Gasteiger partial charge is 0.462 e. The summed E-state index contributed by atoms with van der Waals surface area (Å²) in [5.41, 5.74) is 0.809. The van der Waals surface area contributed by atoms with Crippen molar-refractivity contribution in [3.8, 4) is 0 Å². The van der Waals surface area contributed by atoms with Gasteiger partial charge in [0.2, 0.25) is 0 Å². The molecule has 0 aliphatic rings. The lowest BCUT2D eigenvalue weighted by Crippen LogP contribution is -2.44. The highest BCUT2D eigenvalue weighted by Crippen LogP contribution is 2.16. The Bertz CT molecular complexity index is 578. The Morgan fingerprint density at radius 2 is 1.21 bits per heavy atom. The van der Waals surface area contributed by atoms with Gasteiger partial charge in [-0.1, -0.05) is 13.2 Å². The second kappa shape index (κ2) is 19.0. The Labute approximate surface area is 201 Å². The molecular weight excluding hydrogens is 464 g/mol. The fourth-order valence-electron chi connectivity index (χ4n) is 2.60. The maximum atomic E-state index is 11.1. The SMILES string of the molecule is C=C(C)C(=O)OCCC[Si](C)(OCC)OCC.C=C(C)C(=O)OCCC[Si](CO)(OC)OC. The van der Waals surface area contributed by atoms with Gasteiger partial charge in [0.25, 0.3) is 0 Å². The van der Waals surface area contributed by atoms with Gasteiger partial charge < -0.3 is 32.3 Å². The fraction of sp³-hybridized carbons (Fsp3) is 0.727. The summed E-state index contributed by atoms with van der Waals surface area (Å²) in [4.78, 5) is 22.2. The summed E-state index contributed by atoms with van der Waals surface area (Å²) >= 11 is 0. The molecule has 0 aliphatic carbocycles. The van der Waals surface area contributed by atoms with Crippen molar-refractivity contribution in [1.29, 1.82) is 0 Å².